The van der Waals surface area contributed by atoms with E-state index in [1.165, 1.54) is 6.26 Å². The minimum absolute atomic E-state index is 0.380. The highest BCUT2D eigenvalue weighted by atomic mass is 35.5. The Morgan fingerprint density at radius 1 is 1.24 bits per heavy atom. The van der Waals surface area contributed by atoms with Crippen LogP contribution in [0.4, 0.5) is 0 Å². The molecule has 0 atom stereocenters. The Morgan fingerprint density at radius 2 is 2.05 bits per heavy atom. The first-order valence-electron chi connectivity index (χ1n) is 6.48. The number of ether oxygens (including phenoxy) is 1. The second-order valence-electron chi connectivity index (χ2n) is 4.52. The van der Waals surface area contributed by atoms with Crippen molar-refractivity contribution in [1.82, 2.24) is 9.97 Å². The monoisotopic (exact) mass is 300 g/mol. The van der Waals surface area contributed by atoms with E-state index >= 15 is 0 Å². The molecular formula is C16H13ClN2O2. The van der Waals surface area contributed by atoms with Crippen LogP contribution >= 0.6 is 11.6 Å². The number of halogens is 1. The summed E-state index contributed by atoms with van der Waals surface area (Å²) in [6.07, 6.45) is 3.11. The van der Waals surface area contributed by atoms with Gasteiger partial charge in [-0.3, -0.25) is 0 Å². The van der Waals surface area contributed by atoms with Crippen molar-refractivity contribution in [2.75, 3.05) is 0 Å². The number of aromatic nitrogens is 2. The first kappa shape index (κ1) is 13.6. The molecule has 2 heterocycles. The highest BCUT2D eigenvalue weighted by molar-refractivity contribution is 6.29. The van der Waals surface area contributed by atoms with E-state index in [0.717, 1.165) is 11.1 Å². The molecule has 0 spiro atoms. The number of rotatable bonds is 4. The molecule has 106 valence electrons. The summed E-state index contributed by atoms with van der Waals surface area (Å²) in [5, 5.41) is 0.380. The van der Waals surface area contributed by atoms with E-state index in [4.69, 9.17) is 20.8 Å². The molecule has 1 aromatic carbocycles. The van der Waals surface area contributed by atoms with Crippen LogP contribution in [0.25, 0.3) is 11.5 Å². The maximum absolute atomic E-state index is 6.02. The maximum Gasteiger partial charge on any atom is 0.231 e. The molecule has 0 aliphatic carbocycles. The standard InChI is InChI=1S/C16H13ClN2O2/c1-11-15(16-18-7-8-20-16)13(9-14(17)19-11)21-10-12-5-3-2-4-6-12/h2-9H,10H2,1H3. The molecule has 0 bridgehead atoms. The third-order valence-electron chi connectivity index (χ3n) is 3.02. The largest absolute Gasteiger partial charge is 0.488 e. The van der Waals surface area contributed by atoms with Gasteiger partial charge < -0.3 is 9.15 Å². The minimum Gasteiger partial charge on any atom is -0.488 e. The number of hydrogen-bond donors (Lipinski definition) is 0. The Bertz CT molecular complexity index is 728. The zero-order valence-corrected chi connectivity index (χ0v) is 12.2. The van der Waals surface area contributed by atoms with E-state index in [2.05, 4.69) is 9.97 Å². The molecule has 2 aromatic heterocycles. The lowest BCUT2D eigenvalue weighted by molar-refractivity contribution is 0.306. The molecule has 0 fully saturated rings. The van der Waals surface area contributed by atoms with E-state index in [1.54, 1.807) is 12.3 Å². The molecule has 21 heavy (non-hydrogen) atoms. The fourth-order valence-electron chi connectivity index (χ4n) is 2.06. The molecule has 4 nitrogen and oxygen atoms in total. The zero-order valence-electron chi connectivity index (χ0n) is 11.4. The van der Waals surface area contributed by atoms with Gasteiger partial charge in [-0.25, -0.2) is 9.97 Å². The molecule has 0 N–H and O–H groups in total. The van der Waals surface area contributed by atoms with Crippen molar-refractivity contribution in [3.8, 4) is 17.2 Å². The molecule has 3 aromatic rings. The predicted octanol–water partition coefficient (Wildman–Crippen LogP) is 4.28. The number of pyridine rings is 1. The fraction of sp³-hybridized carbons (Fsp3) is 0.125. The second-order valence-corrected chi connectivity index (χ2v) is 4.90. The van der Waals surface area contributed by atoms with Gasteiger partial charge in [0.15, 0.2) is 0 Å². The van der Waals surface area contributed by atoms with Crippen molar-refractivity contribution in [3.05, 3.63) is 65.3 Å². The number of benzene rings is 1. The van der Waals surface area contributed by atoms with Crippen molar-refractivity contribution >= 4 is 11.6 Å². The third-order valence-corrected chi connectivity index (χ3v) is 3.21. The van der Waals surface area contributed by atoms with Crippen LogP contribution in [0.1, 0.15) is 11.3 Å². The molecule has 0 amide bonds. The fourth-order valence-corrected chi connectivity index (χ4v) is 2.29. The Labute approximate surface area is 127 Å². The van der Waals surface area contributed by atoms with Crippen LogP contribution in [0.2, 0.25) is 5.15 Å². The van der Waals surface area contributed by atoms with Gasteiger partial charge in [0, 0.05) is 6.07 Å². The summed E-state index contributed by atoms with van der Waals surface area (Å²) in [4.78, 5) is 8.39. The van der Waals surface area contributed by atoms with Crippen LogP contribution in [0.3, 0.4) is 0 Å². The van der Waals surface area contributed by atoms with Gasteiger partial charge in [0.25, 0.3) is 0 Å². The van der Waals surface area contributed by atoms with E-state index in [0.29, 0.717) is 29.1 Å². The lowest BCUT2D eigenvalue weighted by Crippen LogP contribution is -2.00. The number of aryl methyl sites for hydroxylation is 1. The maximum atomic E-state index is 6.02. The molecule has 0 aliphatic heterocycles. The summed E-state index contributed by atoms with van der Waals surface area (Å²) in [6.45, 7) is 2.29. The average molecular weight is 301 g/mol. The van der Waals surface area contributed by atoms with E-state index in [-0.39, 0.29) is 0 Å². The van der Waals surface area contributed by atoms with Crippen LogP contribution in [0, 0.1) is 6.92 Å². The van der Waals surface area contributed by atoms with Crippen LogP contribution in [-0.2, 0) is 6.61 Å². The molecule has 0 saturated carbocycles. The van der Waals surface area contributed by atoms with E-state index in [9.17, 15) is 0 Å². The second kappa shape index (κ2) is 5.97. The van der Waals surface area contributed by atoms with Gasteiger partial charge in [0.05, 0.1) is 11.9 Å². The normalized spacial score (nSPS) is 10.6. The van der Waals surface area contributed by atoms with Gasteiger partial charge in [-0.2, -0.15) is 0 Å². The van der Waals surface area contributed by atoms with Crippen molar-refractivity contribution in [2.45, 2.75) is 13.5 Å². The highest BCUT2D eigenvalue weighted by Gasteiger charge is 2.16. The van der Waals surface area contributed by atoms with Crippen LogP contribution < -0.4 is 4.74 Å². The lowest BCUT2D eigenvalue weighted by atomic mass is 10.2. The topological polar surface area (TPSA) is 48.2 Å². The lowest BCUT2D eigenvalue weighted by Gasteiger charge is -2.12. The van der Waals surface area contributed by atoms with Gasteiger partial charge in [-0.15, -0.1) is 0 Å². The molecule has 0 unspecified atom stereocenters. The van der Waals surface area contributed by atoms with Crippen molar-refractivity contribution in [2.24, 2.45) is 0 Å². The first-order valence-corrected chi connectivity index (χ1v) is 6.85. The summed E-state index contributed by atoms with van der Waals surface area (Å²) in [5.41, 5.74) is 2.51. The molecule has 0 saturated heterocycles. The third kappa shape index (κ3) is 3.06. The molecule has 0 radical (unpaired) electrons. The Balaban J connectivity index is 1.94. The molecular weight excluding hydrogens is 288 g/mol. The minimum atomic E-state index is 0.380. The smallest absolute Gasteiger partial charge is 0.231 e. The van der Waals surface area contributed by atoms with E-state index in [1.807, 2.05) is 37.3 Å². The van der Waals surface area contributed by atoms with Gasteiger partial charge in [-0.05, 0) is 12.5 Å². The SMILES string of the molecule is Cc1nc(Cl)cc(OCc2ccccc2)c1-c1ncco1. The Hall–Kier alpha value is -2.33. The highest BCUT2D eigenvalue weighted by Crippen LogP contribution is 2.33. The first-order chi connectivity index (χ1) is 10.2. The number of nitrogens with zero attached hydrogens (tertiary/aromatic N) is 2. The summed E-state index contributed by atoms with van der Waals surface area (Å²) >= 11 is 6.02. The van der Waals surface area contributed by atoms with Crippen LogP contribution in [0.5, 0.6) is 5.75 Å². The van der Waals surface area contributed by atoms with Crippen molar-refractivity contribution in [1.29, 1.82) is 0 Å². The van der Waals surface area contributed by atoms with Gasteiger partial charge in [-0.1, -0.05) is 41.9 Å². The summed E-state index contributed by atoms with van der Waals surface area (Å²) in [6, 6.07) is 11.6. The Kier molecular flexibility index (Phi) is 3.88. The van der Waals surface area contributed by atoms with Gasteiger partial charge in [0.2, 0.25) is 5.89 Å². The summed E-state index contributed by atoms with van der Waals surface area (Å²) in [5.74, 6) is 1.08. The average Bonchev–Trinajstić information content (AvgIpc) is 2.99. The van der Waals surface area contributed by atoms with Crippen molar-refractivity contribution in [3.63, 3.8) is 0 Å². The van der Waals surface area contributed by atoms with Crippen LogP contribution in [-0.4, -0.2) is 9.97 Å². The number of oxazole rings is 1. The number of hydrogen-bond acceptors (Lipinski definition) is 4. The molecule has 3 rings (SSSR count). The predicted molar refractivity (Wildman–Crippen MR) is 80.3 cm³/mol. The zero-order chi connectivity index (χ0) is 14.7. The quantitative estimate of drug-likeness (QED) is 0.675. The van der Waals surface area contributed by atoms with E-state index < -0.39 is 0 Å². The summed E-state index contributed by atoms with van der Waals surface area (Å²) < 4.78 is 11.2. The van der Waals surface area contributed by atoms with Gasteiger partial charge >= 0.3 is 0 Å². The molecule has 0 aliphatic rings. The van der Waals surface area contributed by atoms with Crippen LogP contribution in [0.15, 0.2) is 53.3 Å². The molecule has 5 heteroatoms. The van der Waals surface area contributed by atoms with Crippen molar-refractivity contribution < 1.29 is 9.15 Å². The van der Waals surface area contributed by atoms with Gasteiger partial charge in [0.1, 0.15) is 29.3 Å². The Morgan fingerprint density at radius 3 is 2.76 bits per heavy atom. The summed E-state index contributed by atoms with van der Waals surface area (Å²) in [7, 11) is 0.